The molecule has 0 bridgehead atoms. The molecule has 2 saturated carbocycles. The van der Waals surface area contributed by atoms with Crippen molar-refractivity contribution in [2.24, 2.45) is 17.3 Å². The van der Waals surface area contributed by atoms with E-state index >= 15 is 0 Å². The van der Waals surface area contributed by atoms with Crippen molar-refractivity contribution < 1.29 is 14.7 Å². The SMILES string of the molecule is Cc1cc(CNC(=O)C2CC3(C2)CC3C(=O)O)ccc1-c1ccccc1. The number of rotatable bonds is 5. The van der Waals surface area contributed by atoms with E-state index in [-0.39, 0.29) is 23.2 Å². The number of hydrogen-bond donors (Lipinski definition) is 2. The quantitative estimate of drug-likeness (QED) is 0.863. The van der Waals surface area contributed by atoms with Gasteiger partial charge in [-0.3, -0.25) is 9.59 Å². The number of hydrogen-bond acceptors (Lipinski definition) is 2. The summed E-state index contributed by atoms with van der Waals surface area (Å²) in [6.45, 7) is 2.60. The second kappa shape index (κ2) is 6.27. The molecule has 0 radical (unpaired) electrons. The average molecular weight is 349 g/mol. The highest BCUT2D eigenvalue weighted by atomic mass is 16.4. The molecule has 0 saturated heterocycles. The summed E-state index contributed by atoms with van der Waals surface area (Å²) in [6.07, 6.45) is 2.19. The molecule has 4 nitrogen and oxygen atoms in total. The van der Waals surface area contributed by atoms with Crippen LogP contribution in [0.1, 0.15) is 30.4 Å². The molecule has 134 valence electrons. The third kappa shape index (κ3) is 3.00. The molecule has 4 heteroatoms. The summed E-state index contributed by atoms with van der Waals surface area (Å²) in [5.74, 6) is -0.905. The number of carbonyl (C=O) groups is 2. The van der Waals surface area contributed by atoms with Gasteiger partial charge in [-0.1, -0.05) is 48.5 Å². The maximum absolute atomic E-state index is 12.3. The number of benzene rings is 2. The van der Waals surface area contributed by atoms with E-state index in [4.69, 9.17) is 5.11 Å². The van der Waals surface area contributed by atoms with E-state index in [1.54, 1.807) is 0 Å². The minimum atomic E-state index is -0.710. The number of aryl methyl sites for hydroxylation is 1. The van der Waals surface area contributed by atoms with Crippen LogP contribution in [0.4, 0.5) is 0 Å². The van der Waals surface area contributed by atoms with E-state index < -0.39 is 5.97 Å². The van der Waals surface area contributed by atoms with Crippen molar-refractivity contribution in [3.63, 3.8) is 0 Å². The molecule has 2 aliphatic rings. The number of nitrogens with one attached hydrogen (secondary N) is 1. The van der Waals surface area contributed by atoms with Gasteiger partial charge in [0.15, 0.2) is 0 Å². The molecule has 2 aromatic carbocycles. The number of carboxylic acid groups (broad SMARTS) is 1. The highest BCUT2D eigenvalue weighted by Crippen LogP contribution is 2.67. The lowest BCUT2D eigenvalue weighted by atomic mass is 9.70. The van der Waals surface area contributed by atoms with Crippen LogP contribution in [0.3, 0.4) is 0 Å². The molecule has 1 unspecified atom stereocenters. The molecule has 4 rings (SSSR count). The number of amides is 1. The summed E-state index contributed by atoms with van der Waals surface area (Å²) < 4.78 is 0. The Morgan fingerprint density at radius 1 is 1.12 bits per heavy atom. The molecule has 2 aromatic rings. The Morgan fingerprint density at radius 3 is 2.46 bits per heavy atom. The minimum Gasteiger partial charge on any atom is -0.481 e. The van der Waals surface area contributed by atoms with Gasteiger partial charge in [0.2, 0.25) is 5.91 Å². The van der Waals surface area contributed by atoms with Crippen molar-refractivity contribution in [2.75, 3.05) is 0 Å². The summed E-state index contributed by atoms with van der Waals surface area (Å²) in [7, 11) is 0. The van der Waals surface area contributed by atoms with Gasteiger partial charge in [-0.2, -0.15) is 0 Å². The van der Waals surface area contributed by atoms with Crippen LogP contribution in [0.15, 0.2) is 48.5 Å². The van der Waals surface area contributed by atoms with Crippen LogP contribution in [0.25, 0.3) is 11.1 Å². The molecule has 0 aliphatic heterocycles. The summed E-state index contributed by atoms with van der Waals surface area (Å²) in [4.78, 5) is 23.3. The normalized spacial score (nSPS) is 26.2. The Hall–Kier alpha value is -2.62. The predicted molar refractivity (Wildman–Crippen MR) is 99.4 cm³/mol. The summed E-state index contributed by atoms with van der Waals surface area (Å²) in [5.41, 5.74) is 4.60. The first kappa shape index (κ1) is 16.8. The molecule has 1 atom stereocenters. The third-order valence-corrected chi connectivity index (χ3v) is 6.01. The van der Waals surface area contributed by atoms with Crippen LogP contribution < -0.4 is 5.32 Å². The number of aliphatic carboxylic acids is 1. The van der Waals surface area contributed by atoms with Gasteiger partial charge in [0, 0.05) is 12.5 Å². The van der Waals surface area contributed by atoms with Crippen molar-refractivity contribution in [1.29, 1.82) is 0 Å². The van der Waals surface area contributed by atoms with Crippen molar-refractivity contribution >= 4 is 11.9 Å². The Labute approximate surface area is 153 Å². The van der Waals surface area contributed by atoms with Gasteiger partial charge in [0.1, 0.15) is 0 Å². The zero-order chi connectivity index (χ0) is 18.3. The maximum Gasteiger partial charge on any atom is 0.307 e. The van der Waals surface area contributed by atoms with E-state index in [0.717, 1.165) is 24.8 Å². The zero-order valence-electron chi connectivity index (χ0n) is 14.9. The lowest BCUT2D eigenvalue weighted by Crippen LogP contribution is -2.40. The minimum absolute atomic E-state index is 0.0240. The molecule has 1 amide bonds. The topological polar surface area (TPSA) is 66.4 Å². The maximum atomic E-state index is 12.3. The van der Waals surface area contributed by atoms with E-state index in [1.165, 1.54) is 16.7 Å². The van der Waals surface area contributed by atoms with Crippen molar-refractivity contribution in [3.05, 3.63) is 59.7 Å². The smallest absolute Gasteiger partial charge is 0.307 e. The standard InChI is InChI=1S/C22H23NO3/c1-14-9-15(7-8-18(14)16-5-3-2-4-6-16)13-23-20(24)17-10-22(11-17)12-19(22)21(25)26/h2-9,17,19H,10-13H2,1H3,(H,23,24)(H,25,26). The van der Waals surface area contributed by atoms with Gasteiger partial charge < -0.3 is 10.4 Å². The van der Waals surface area contributed by atoms with Crippen LogP contribution in [0, 0.1) is 24.2 Å². The number of carboxylic acids is 1. The van der Waals surface area contributed by atoms with E-state index in [2.05, 4.69) is 42.6 Å². The summed E-state index contributed by atoms with van der Waals surface area (Å²) in [5, 5.41) is 12.1. The Morgan fingerprint density at radius 2 is 1.85 bits per heavy atom. The molecule has 2 N–H and O–H groups in total. The average Bonchev–Trinajstić information content (AvgIpc) is 3.36. The molecular weight excluding hydrogens is 326 g/mol. The molecule has 1 spiro atoms. The van der Waals surface area contributed by atoms with Crippen LogP contribution in [-0.4, -0.2) is 17.0 Å². The number of carbonyl (C=O) groups excluding carboxylic acids is 1. The molecule has 0 aromatic heterocycles. The second-order valence-corrected chi connectivity index (χ2v) is 7.80. The first-order chi connectivity index (χ1) is 12.5. The van der Waals surface area contributed by atoms with Crippen LogP contribution in [0.2, 0.25) is 0 Å². The van der Waals surface area contributed by atoms with Gasteiger partial charge in [-0.15, -0.1) is 0 Å². The first-order valence-corrected chi connectivity index (χ1v) is 9.14. The van der Waals surface area contributed by atoms with Gasteiger partial charge in [0.05, 0.1) is 5.92 Å². The Balaban J connectivity index is 1.32. The van der Waals surface area contributed by atoms with Gasteiger partial charge in [-0.05, 0) is 53.9 Å². The highest BCUT2D eigenvalue weighted by Gasteiger charge is 2.65. The van der Waals surface area contributed by atoms with Crippen molar-refractivity contribution in [3.8, 4) is 11.1 Å². The molecular formula is C22H23NO3. The monoisotopic (exact) mass is 349 g/mol. The highest BCUT2D eigenvalue weighted by molar-refractivity contribution is 5.82. The van der Waals surface area contributed by atoms with Gasteiger partial charge in [0.25, 0.3) is 0 Å². The molecule has 26 heavy (non-hydrogen) atoms. The largest absolute Gasteiger partial charge is 0.481 e. The van der Waals surface area contributed by atoms with Crippen LogP contribution in [0.5, 0.6) is 0 Å². The fourth-order valence-corrected chi connectivity index (χ4v) is 4.37. The van der Waals surface area contributed by atoms with Crippen molar-refractivity contribution in [2.45, 2.75) is 32.7 Å². The fourth-order valence-electron chi connectivity index (χ4n) is 4.37. The molecule has 2 fully saturated rings. The lowest BCUT2D eigenvalue weighted by Gasteiger charge is -2.35. The first-order valence-electron chi connectivity index (χ1n) is 9.14. The van der Waals surface area contributed by atoms with Gasteiger partial charge in [-0.25, -0.2) is 0 Å². The molecule has 2 aliphatic carbocycles. The third-order valence-electron chi connectivity index (χ3n) is 6.01. The van der Waals surface area contributed by atoms with E-state index in [0.29, 0.717) is 6.54 Å². The second-order valence-electron chi connectivity index (χ2n) is 7.80. The van der Waals surface area contributed by atoms with Crippen LogP contribution >= 0.6 is 0 Å². The van der Waals surface area contributed by atoms with Gasteiger partial charge >= 0.3 is 5.97 Å². The van der Waals surface area contributed by atoms with E-state index in [1.807, 2.05) is 18.2 Å². The zero-order valence-corrected chi connectivity index (χ0v) is 14.9. The summed E-state index contributed by atoms with van der Waals surface area (Å²) in [6, 6.07) is 16.5. The lowest BCUT2D eigenvalue weighted by molar-refractivity contribution is -0.142. The van der Waals surface area contributed by atoms with Crippen molar-refractivity contribution in [1.82, 2.24) is 5.32 Å². The fraction of sp³-hybridized carbons (Fsp3) is 0.364. The predicted octanol–water partition coefficient (Wildman–Crippen LogP) is 3.78. The van der Waals surface area contributed by atoms with E-state index in [9.17, 15) is 9.59 Å². The summed E-state index contributed by atoms with van der Waals surface area (Å²) >= 11 is 0. The Bertz CT molecular complexity index is 853. The molecule has 0 heterocycles. The van der Waals surface area contributed by atoms with Crippen LogP contribution in [-0.2, 0) is 16.1 Å². The Kier molecular flexibility index (Phi) is 4.06.